The van der Waals surface area contributed by atoms with E-state index in [0.717, 1.165) is 22.9 Å². The topological polar surface area (TPSA) is 49.4 Å². The maximum Gasteiger partial charge on any atom is 0.313 e. The highest BCUT2D eigenvalue weighted by Crippen LogP contribution is 2.20. The SMILES string of the molecule is CCCN(CCC)C(=O)C(=O)Nc1ccc(Br)cc1C. The van der Waals surface area contributed by atoms with Gasteiger partial charge in [0.15, 0.2) is 0 Å². The molecule has 4 nitrogen and oxygen atoms in total. The molecule has 0 bridgehead atoms. The number of nitrogens with zero attached hydrogens (tertiary/aromatic N) is 1. The van der Waals surface area contributed by atoms with Gasteiger partial charge in [-0.15, -0.1) is 0 Å². The van der Waals surface area contributed by atoms with Crippen molar-refractivity contribution in [1.29, 1.82) is 0 Å². The summed E-state index contributed by atoms with van der Waals surface area (Å²) in [6.45, 7) is 7.10. The molecule has 0 unspecified atom stereocenters. The molecule has 0 spiro atoms. The summed E-state index contributed by atoms with van der Waals surface area (Å²) in [5.74, 6) is -1.03. The molecule has 110 valence electrons. The molecule has 0 aromatic heterocycles. The van der Waals surface area contributed by atoms with E-state index in [1.54, 1.807) is 11.0 Å². The zero-order chi connectivity index (χ0) is 15.1. The largest absolute Gasteiger partial charge is 0.334 e. The average Bonchev–Trinajstić information content (AvgIpc) is 2.40. The first kappa shape index (κ1) is 16.7. The Kier molecular flexibility index (Phi) is 6.71. The number of carbonyl (C=O) groups excluding carboxylic acids is 2. The Labute approximate surface area is 128 Å². The summed E-state index contributed by atoms with van der Waals surface area (Å²) in [5, 5.41) is 2.68. The molecule has 0 aliphatic rings. The zero-order valence-corrected chi connectivity index (χ0v) is 13.8. The first-order chi connectivity index (χ1) is 9.49. The lowest BCUT2D eigenvalue weighted by Gasteiger charge is -2.20. The van der Waals surface area contributed by atoms with E-state index in [0.29, 0.717) is 18.8 Å². The van der Waals surface area contributed by atoms with Crippen LogP contribution in [0, 0.1) is 6.92 Å². The quantitative estimate of drug-likeness (QED) is 0.835. The number of nitrogens with one attached hydrogen (secondary N) is 1. The van der Waals surface area contributed by atoms with Gasteiger partial charge in [0.05, 0.1) is 0 Å². The van der Waals surface area contributed by atoms with Gasteiger partial charge in [0.2, 0.25) is 0 Å². The Morgan fingerprint density at radius 1 is 1.20 bits per heavy atom. The van der Waals surface area contributed by atoms with Gasteiger partial charge in [-0.1, -0.05) is 29.8 Å². The molecule has 1 aromatic rings. The van der Waals surface area contributed by atoms with Crippen LogP contribution in [0.15, 0.2) is 22.7 Å². The van der Waals surface area contributed by atoms with Crippen LogP contribution in [0.4, 0.5) is 5.69 Å². The van der Waals surface area contributed by atoms with E-state index in [-0.39, 0.29) is 0 Å². The van der Waals surface area contributed by atoms with Crippen molar-refractivity contribution in [3.63, 3.8) is 0 Å². The van der Waals surface area contributed by atoms with Gasteiger partial charge in [-0.3, -0.25) is 9.59 Å². The van der Waals surface area contributed by atoms with Crippen molar-refractivity contribution < 1.29 is 9.59 Å². The number of amides is 2. The summed E-state index contributed by atoms with van der Waals surface area (Å²) in [4.78, 5) is 25.7. The molecule has 0 atom stereocenters. The molecule has 1 aromatic carbocycles. The molecule has 1 rings (SSSR count). The van der Waals surface area contributed by atoms with Gasteiger partial charge in [0.1, 0.15) is 0 Å². The van der Waals surface area contributed by atoms with Crippen LogP contribution < -0.4 is 5.32 Å². The van der Waals surface area contributed by atoms with Crippen molar-refractivity contribution >= 4 is 33.4 Å². The van der Waals surface area contributed by atoms with E-state index in [1.165, 1.54) is 0 Å². The zero-order valence-electron chi connectivity index (χ0n) is 12.2. The van der Waals surface area contributed by atoms with E-state index >= 15 is 0 Å². The molecular weight excluding hydrogens is 320 g/mol. The Morgan fingerprint density at radius 2 is 1.80 bits per heavy atom. The number of anilines is 1. The smallest absolute Gasteiger partial charge is 0.313 e. The monoisotopic (exact) mass is 340 g/mol. The number of halogens is 1. The number of carbonyl (C=O) groups is 2. The fraction of sp³-hybridized carbons (Fsp3) is 0.467. The molecule has 0 fully saturated rings. The molecule has 0 radical (unpaired) electrons. The second kappa shape index (κ2) is 8.04. The van der Waals surface area contributed by atoms with Crippen LogP contribution in [-0.2, 0) is 9.59 Å². The van der Waals surface area contributed by atoms with E-state index in [2.05, 4.69) is 21.2 Å². The van der Waals surface area contributed by atoms with Crippen LogP contribution in [0.5, 0.6) is 0 Å². The van der Waals surface area contributed by atoms with Gasteiger partial charge < -0.3 is 10.2 Å². The van der Waals surface area contributed by atoms with Crippen molar-refractivity contribution in [2.24, 2.45) is 0 Å². The third kappa shape index (κ3) is 4.63. The lowest BCUT2D eigenvalue weighted by molar-refractivity contribution is -0.143. The second-order valence-electron chi connectivity index (χ2n) is 4.71. The van der Waals surface area contributed by atoms with Gasteiger partial charge in [0.25, 0.3) is 0 Å². The Balaban J connectivity index is 2.76. The van der Waals surface area contributed by atoms with Crippen LogP contribution in [0.25, 0.3) is 0 Å². The molecule has 0 saturated carbocycles. The first-order valence-electron chi connectivity index (χ1n) is 6.86. The number of hydrogen-bond donors (Lipinski definition) is 1. The molecule has 2 amide bonds. The van der Waals surface area contributed by atoms with Gasteiger partial charge in [-0.2, -0.15) is 0 Å². The first-order valence-corrected chi connectivity index (χ1v) is 7.65. The highest BCUT2D eigenvalue weighted by Gasteiger charge is 2.21. The van der Waals surface area contributed by atoms with E-state index in [9.17, 15) is 9.59 Å². The van der Waals surface area contributed by atoms with E-state index < -0.39 is 11.8 Å². The molecule has 1 N–H and O–H groups in total. The summed E-state index contributed by atoms with van der Waals surface area (Å²) in [6.07, 6.45) is 1.69. The third-order valence-corrected chi connectivity index (χ3v) is 3.40. The molecule has 0 aliphatic heterocycles. The fourth-order valence-corrected chi connectivity index (χ4v) is 2.42. The van der Waals surface area contributed by atoms with Crippen LogP contribution in [0.1, 0.15) is 32.3 Å². The highest BCUT2D eigenvalue weighted by atomic mass is 79.9. The number of benzene rings is 1. The molecule has 20 heavy (non-hydrogen) atoms. The third-order valence-electron chi connectivity index (χ3n) is 2.91. The normalized spacial score (nSPS) is 10.2. The van der Waals surface area contributed by atoms with Crippen molar-refractivity contribution in [3.05, 3.63) is 28.2 Å². The number of hydrogen-bond acceptors (Lipinski definition) is 2. The molecule has 0 aliphatic carbocycles. The van der Waals surface area contributed by atoms with Crippen molar-refractivity contribution in [1.82, 2.24) is 4.90 Å². The van der Waals surface area contributed by atoms with Crippen LogP contribution in [0.3, 0.4) is 0 Å². The summed E-state index contributed by atoms with van der Waals surface area (Å²) < 4.78 is 0.943. The standard InChI is InChI=1S/C15H21BrN2O2/c1-4-8-18(9-5-2)15(20)14(19)17-13-7-6-12(16)10-11(13)3/h6-7,10H,4-5,8-9H2,1-3H3,(H,17,19). The lowest BCUT2D eigenvalue weighted by atomic mass is 10.2. The van der Waals surface area contributed by atoms with Gasteiger partial charge in [-0.05, 0) is 43.5 Å². The van der Waals surface area contributed by atoms with Gasteiger partial charge >= 0.3 is 11.8 Å². The van der Waals surface area contributed by atoms with Crippen molar-refractivity contribution in [2.45, 2.75) is 33.6 Å². The summed E-state index contributed by atoms with van der Waals surface area (Å²) in [7, 11) is 0. The second-order valence-corrected chi connectivity index (χ2v) is 5.62. The Morgan fingerprint density at radius 3 is 2.30 bits per heavy atom. The fourth-order valence-electron chi connectivity index (χ4n) is 1.94. The predicted molar refractivity (Wildman–Crippen MR) is 84.7 cm³/mol. The minimum absolute atomic E-state index is 0.462. The van der Waals surface area contributed by atoms with Gasteiger partial charge in [0, 0.05) is 23.2 Å². The average molecular weight is 341 g/mol. The Bertz CT molecular complexity index is 483. The summed E-state index contributed by atoms with van der Waals surface area (Å²) >= 11 is 3.37. The van der Waals surface area contributed by atoms with Gasteiger partial charge in [-0.25, -0.2) is 0 Å². The molecule has 0 heterocycles. The van der Waals surface area contributed by atoms with Crippen molar-refractivity contribution in [2.75, 3.05) is 18.4 Å². The molecule has 5 heteroatoms. The van der Waals surface area contributed by atoms with Crippen molar-refractivity contribution in [3.8, 4) is 0 Å². The predicted octanol–water partition coefficient (Wildman–Crippen LogP) is 3.34. The molecule has 0 saturated heterocycles. The highest BCUT2D eigenvalue weighted by molar-refractivity contribution is 9.10. The lowest BCUT2D eigenvalue weighted by Crippen LogP contribution is -2.40. The maximum absolute atomic E-state index is 12.1. The maximum atomic E-state index is 12.1. The van der Waals surface area contributed by atoms with Crippen LogP contribution >= 0.6 is 15.9 Å². The summed E-state index contributed by atoms with van der Waals surface area (Å²) in [6, 6.07) is 5.52. The van der Waals surface area contributed by atoms with E-state index in [1.807, 2.05) is 32.9 Å². The van der Waals surface area contributed by atoms with Crippen LogP contribution in [0.2, 0.25) is 0 Å². The van der Waals surface area contributed by atoms with Crippen LogP contribution in [-0.4, -0.2) is 29.8 Å². The number of rotatable bonds is 5. The Hall–Kier alpha value is -1.36. The van der Waals surface area contributed by atoms with E-state index in [4.69, 9.17) is 0 Å². The molecular formula is C15H21BrN2O2. The summed E-state index contributed by atoms with van der Waals surface area (Å²) in [5.41, 5.74) is 1.58. The minimum Gasteiger partial charge on any atom is -0.334 e. The minimum atomic E-state index is -0.572. The number of aryl methyl sites for hydroxylation is 1.